The topological polar surface area (TPSA) is 25.6 Å². The second-order valence-corrected chi connectivity index (χ2v) is 5.82. The number of ether oxygens (including phenoxy) is 1. The lowest BCUT2D eigenvalue weighted by molar-refractivity contribution is 0.0810. The van der Waals surface area contributed by atoms with Crippen LogP contribution in [0.4, 0.5) is 4.39 Å². The van der Waals surface area contributed by atoms with Crippen LogP contribution in [0.5, 0.6) is 5.75 Å². The summed E-state index contributed by atoms with van der Waals surface area (Å²) < 4.78 is 26.3. The first kappa shape index (κ1) is 15.6. The van der Waals surface area contributed by atoms with Crippen LogP contribution in [0, 0.1) is 0 Å². The second kappa shape index (κ2) is 6.84. The van der Waals surface area contributed by atoms with Crippen molar-refractivity contribution in [3.05, 3.63) is 66.4 Å². The summed E-state index contributed by atoms with van der Waals surface area (Å²) in [5, 5.41) is 0.942. The SMILES string of the molecule is CN(C)C[C@@H](F)[C@@H](Oc1cccc2ccoc12)c1ccccc1. The highest BCUT2D eigenvalue weighted by molar-refractivity contribution is 5.82. The smallest absolute Gasteiger partial charge is 0.175 e. The molecule has 3 rings (SSSR count). The lowest BCUT2D eigenvalue weighted by Gasteiger charge is -2.25. The van der Waals surface area contributed by atoms with Gasteiger partial charge in [0.2, 0.25) is 0 Å². The Labute approximate surface area is 135 Å². The van der Waals surface area contributed by atoms with Crippen LogP contribution in [0.3, 0.4) is 0 Å². The van der Waals surface area contributed by atoms with Crippen LogP contribution >= 0.6 is 0 Å². The lowest BCUT2D eigenvalue weighted by Crippen LogP contribution is -2.30. The first-order valence-corrected chi connectivity index (χ1v) is 7.62. The number of nitrogens with zero attached hydrogens (tertiary/aromatic N) is 1. The zero-order chi connectivity index (χ0) is 16.2. The number of hydrogen-bond donors (Lipinski definition) is 0. The molecule has 0 spiro atoms. The number of para-hydroxylation sites is 1. The van der Waals surface area contributed by atoms with E-state index < -0.39 is 12.3 Å². The van der Waals surface area contributed by atoms with Crippen LogP contribution in [0.15, 0.2) is 65.3 Å². The van der Waals surface area contributed by atoms with E-state index in [0.29, 0.717) is 11.3 Å². The molecule has 0 amide bonds. The average Bonchev–Trinajstić information content (AvgIpc) is 3.02. The van der Waals surface area contributed by atoms with Gasteiger partial charge in [-0.2, -0.15) is 0 Å². The standard InChI is InChI=1S/C19H20FNO2/c1-21(2)13-16(20)18(14-7-4-3-5-8-14)23-17-10-6-9-15-11-12-22-19(15)17/h3-12,16,18H,13H2,1-2H3/t16-,18+/m1/s1. The molecule has 0 aliphatic heterocycles. The minimum absolute atomic E-state index is 0.285. The summed E-state index contributed by atoms with van der Waals surface area (Å²) in [6.07, 6.45) is -0.228. The quantitative estimate of drug-likeness (QED) is 0.672. The normalized spacial score (nSPS) is 14.1. The van der Waals surface area contributed by atoms with Crippen LogP contribution < -0.4 is 4.74 Å². The Balaban J connectivity index is 1.94. The minimum Gasteiger partial charge on any atom is -0.479 e. The Morgan fingerprint density at radius 1 is 1.04 bits per heavy atom. The fraction of sp³-hybridized carbons (Fsp3) is 0.263. The summed E-state index contributed by atoms with van der Waals surface area (Å²) in [4.78, 5) is 1.82. The van der Waals surface area contributed by atoms with Crippen molar-refractivity contribution < 1.29 is 13.5 Å². The number of furan rings is 1. The maximum atomic E-state index is 14.8. The number of hydrogen-bond acceptors (Lipinski definition) is 3. The highest BCUT2D eigenvalue weighted by Crippen LogP contribution is 2.32. The molecule has 0 saturated heterocycles. The van der Waals surface area contributed by atoms with E-state index in [1.54, 1.807) is 6.26 Å². The molecule has 0 N–H and O–H groups in total. The Morgan fingerprint density at radius 3 is 2.57 bits per heavy atom. The third-order valence-electron chi connectivity index (χ3n) is 3.69. The molecule has 3 nitrogen and oxygen atoms in total. The summed E-state index contributed by atoms with van der Waals surface area (Å²) in [6, 6.07) is 17.0. The molecule has 23 heavy (non-hydrogen) atoms. The molecule has 0 radical (unpaired) electrons. The van der Waals surface area contributed by atoms with Crippen molar-refractivity contribution in [2.75, 3.05) is 20.6 Å². The predicted molar refractivity (Wildman–Crippen MR) is 89.5 cm³/mol. The van der Waals surface area contributed by atoms with Gasteiger partial charge in [-0.25, -0.2) is 4.39 Å². The molecule has 1 aromatic heterocycles. The molecule has 120 valence electrons. The van der Waals surface area contributed by atoms with Gasteiger partial charge in [0.05, 0.1) is 6.26 Å². The highest BCUT2D eigenvalue weighted by atomic mass is 19.1. The predicted octanol–water partition coefficient (Wildman–Crippen LogP) is 4.45. The molecule has 4 heteroatoms. The van der Waals surface area contributed by atoms with Gasteiger partial charge in [-0.15, -0.1) is 0 Å². The summed E-state index contributed by atoms with van der Waals surface area (Å²) in [5.74, 6) is 0.558. The minimum atomic E-state index is -1.15. The van der Waals surface area contributed by atoms with Crippen molar-refractivity contribution in [1.82, 2.24) is 4.90 Å². The van der Waals surface area contributed by atoms with E-state index in [1.807, 2.05) is 73.6 Å². The molecule has 0 fully saturated rings. The van der Waals surface area contributed by atoms with Gasteiger partial charge in [0.15, 0.2) is 23.6 Å². The Morgan fingerprint density at radius 2 is 1.83 bits per heavy atom. The van der Waals surface area contributed by atoms with Crippen molar-refractivity contribution >= 4 is 11.0 Å². The van der Waals surface area contributed by atoms with Crippen molar-refractivity contribution in [2.45, 2.75) is 12.3 Å². The molecule has 2 atom stereocenters. The van der Waals surface area contributed by atoms with Crippen LogP contribution in [-0.2, 0) is 0 Å². The third-order valence-corrected chi connectivity index (χ3v) is 3.69. The molecule has 1 heterocycles. The monoisotopic (exact) mass is 313 g/mol. The van der Waals surface area contributed by atoms with E-state index in [1.165, 1.54) is 0 Å². The van der Waals surface area contributed by atoms with Crippen LogP contribution in [0.1, 0.15) is 11.7 Å². The van der Waals surface area contributed by atoms with Gasteiger partial charge in [-0.05, 0) is 31.8 Å². The lowest BCUT2D eigenvalue weighted by atomic mass is 10.0. The molecule has 2 aromatic carbocycles. The number of benzene rings is 2. The molecule has 0 aliphatic carbocycles. The maximum absolute atomic E-state index is 14.8. The first-order valence-electron chi connectivity index (χ1n) is 7.62. The van der Waals surface area contributed by atoms with Crippen LogP contribution in [0.2, 0.25) is 0 Å². The number of alkyl halides is 1. The molecular formula is C19H20FNO2. The molecule has 0 saturated carbocycles. The summed E-state index contributed by atoms with van der Waals surface area (Å²) in [7, 11) is 3.70. The van der Waals surface area contributed by atoms with Crippen LogP contribution in [0.25, 0.3) is 11.0 Å². The van der Waals surface area contributed by atoms with Gasteiger partial charge >= 0.3 is 0 Å². The van der Waals surface area contributed by atoms with E-state index in [9.17, 15) is 4.39 Å². The van der Waals surface area contributed by atoms with Gasteiger partial charge in [0.25, 0.3) is 0 Å². The van der Waals surface area contributed by atoms with Crippen molar-refractivity contribution in [2.24, 2.45) is 0 Å². The fourth-order valence-corrected chi connectivity index (χ4v) is 2.63. The first-order chi connectivity index (χ1) is 11.1. The van der Waals surface area contributed by atoms with Crippen molar-refractivity contribution in [3.8, 4) is 5.75 Å². The van der Waals surface area contributed by atoms with Crippen LogP contribution in [-0.4, -0.2) is 31.7 Å². The zero-order valence-electron chi connectivity index (χ0n) is 13.3. The largest absolute Gasteiger partial charge is 0.479 e. The highest BCUT2D eigenvalue weighted by Gasteiger charge is 2.26. The molecule has 3 aromatic rings. The Bertz CT molecular complexity index is 754. The van der Waals surface area contributed by atoms with Crippen molar-refractivity contribution in [3.63, 3.8) is 0 Å². The summed E-state index contributed by atoms with van der Waals surface area (Å²) in [6.45, 7) is 0.285. The van der Waals surface area contributed by atoms with Gasteiger partial charge in [0, 0.05) is 11.9 Å². The fourth-order valence-electron chi connectivity index (χ4n) is 2.63. The van der Waals surface area contributed by atoms with E-state index in [-0.39, 0.29) is 6.54 Å². The van der Waals surface area contributed by atoms with Gasteiger partial charge < -0.3 is 14.1 Å². The molecule has 0 unspecified atom stereocenters. The molecular weight excluding hydrogens is 293 g/mol. The van der Waals surface area contributed by atoms with Gasteiger partial charge in [-0.1, -0.05) is 42.5 Å². The maximum Gasteiger partial charge on any atom is 0.175 e. The molecule has 0 bridgehead atoms. The zero-order valence-corrected chi connectivity index (χ0v) is 13.3. The summed E-state index contributed by atoms with van der Waals surface area (Å²) >= 11 is 0. The van der Waals surface area contributed by atoms with Gasteiger partial charge in [-0.3, -0.25) is 0 Å². The third kappa shape index (κ3) is 3.54. The van der Waals surface area contributed by atoms with E-state index in [4.69, 9.17) is 9.15 Å². The summed E-state index contributed by atoms with van der Waals surface area (Å²) in [5.41, 5.74) is 1.45. The van der Waals surface area contributed by atoms with Gasteiger partial charge in [0.1, 0.15) is 0 Å². The average molecular weight is 313 g/mol. The van der Waals surface area contributed by atoms with E-state index in [0.717, 1.165) is 10.9 Å². The number of halogens is 1. The second-order valence-electron chi connectivity index (χ2n) is 5.82. The van der Waals surface area contributed by atoms with E-state index in [2.05, 4.69) is 0 Å². The number of rotatable bonds is 6. The van der Waals surface area contributed by atoms with Crippen molar-refractivity contribution in [1.29, 1.82) is 0 Å². The molecule has 0 aliphatic rings. The van der Waals surface area contributed by atoms with E-state index >= 15 is 0 Å². The number of fused-ring (bicyclic) bond motifs is 1. The Kier molecular flexibility index (Phi) is 4.63. The Hall–Kier alpha value is -2.33.